The van der Waals surface area contributed by atoms with Crippen molar-refractivity contribution in [1.29, 1.82) is 0 Å². The van der Waals surface area contributed by atoms with Crippen LogP contribution in [0.2, 0.25) is 0 Å². The van der Waals surface area contributed by atoms with Gasteiger partial charge in [-0.25, -0.2) is 0 Å². The van der Waals surface area contributed by atoms with Crippen molar-refractivity contribution in [2.24, 2.45) is 0 Å². The molecule has 0 bridgehead atoms. The zero-order chi connectivity index (χ0) is 18.4. The van der Waals surface area contributed by atoms with Crippen LogP contribution in [0.4, 0.5) is 5.69 Å². The van der Waals surface area contributed by atoms with Crippen LogP contribution < -0.4 is 10.1 Å². The van der Waals surface area contributed by atoms with Crippen molar-refractivity contribution in [3.63, 3.8) is 0 Å². The summed E-state index contributed by atoms with van der Waals surface area (Å²) in [7, 11) is 1.56. The maximum Gasteiger partial charge on any atom is 0.260 e. The van der Waals surface area contributed by atoms with E-state index in [2.05, 4.69) is 51.2 Å². The van der Waals surface area contributed by atoms with Gasteiger partial charge in [0.2, 0.25) is 0 Å². The van der Waals surface area contributed by atoms with Crippen molar-refractivity contribution in [3.05, 3.63) is 58.1 Å². The molecular weight excluding hydrogens is 330 g/mol. The Balaban J connectivity index is 2.27. The standard InChI is InChI=1S/C21H27NO2S/c1-6-16-12-17(7-2)20(11-15(16)4)24-13-18-14(3)9-8-10-19(18)22-21(25)23-5/h8-12H,6-7,13H2,1-5H3,(H,22,25). The fraction of sp³-hybridized carbons (Fsp3) is 0.381. The van der Waals surface area contributed by atoms with Crippen LogP contribution in [0.5, 0.6) is 5.75 Å². The molecule has 0 atom stereocenters. The lowest BCUT2D eigenvalue weighted by Crippen LogP contribution is -2.13. The molecule has 1 N–H and O–H groups in total. The summed E-state index contributed by atoms with van der Waals surface area (Å²) >= 11 is 5.13. The van der Waals surface area contributed by atoms with Gasteiger partial charge in [-0.15, -0.1) is 0 Å². The van der Waals surface area contributed by atoms with Crippen molar-refractivity contribution < 1.29 is 9.47 Å². The smallest absolute Gasteiger partial charge is 0.260 e. The lowest BCUT2D eigenvalue weighted by molar-refractivity contribution is 0.302. The Morgan fingerprint density at radius 3 is 2.40 bits per heavy atom. The molecule has 0 fully saturated rings. The van der Waals surface area contributed by atoms with E-state index in [0.717, 1.165) is 35.4 Å². The van der Waals surface area contributed by atoms with Crippen LogP contribution in [0.25, 0.3) is 0 Å². The number of thiocarbonyl (C=S) groups is 1. The number of aryl methyl sites for hydroxylation is 4. The van der Waals surface area contributed by atoms with Crippen LogP contribution >= 0.6 is 12.2 Å². The van der Waals surface area contributed by atoms with E-state index >= 15 is 0 Å². The summed E-state index contributed by atoms with van der Waals surface area (Å²) in [5.41, 5.74) is 7.07. The molecule has 0 saturated carbocycles. The van der Waals surface area contributed by atoms with Crippen molar-refractivity contribution >= 4 is 23.1 Å². The van der Waals surface area contributed by atoms with Gasteiger partial charge in [0.25, 0.3) is 5.17 Å². The summed E-state index contributed by atoms with van der Waals surface area (Å²) in [6, 6.07) is 10.5. The topological polar surface area (TPSA) is 30.5 Å². The number of anilines is 1. The minimum atomic E-state index is 0.351. The first kappa shape index (κ1) is 19.3. The summed E-state index contributed by atoms with van der Waals surface area (Å²) in [6.45, 7) is 9.05. The summed E-state index contributed by atoms with van der Waals surface area (Å²) in [5.74, 6) is 0.959. The third-order valence-electron chi connectivity index (χ3n) is 4.49. The molecule has 3 nitrogen and oxygen atoms in total. The number of benzene rings is 2. The molecule has 0 aliphatic rings. The predicted molar refractivity (Wildman–Crippen MR) is 109 cm³/mol. The molecule has 0 unspecified atom stereocenters. The van der Waals surface area contributed by atoms with Gasteiger partial charge in [0.1, 0.15) is 12.4 Å². The van der Waals surface area contributed by atoms with Gasteiger partial charge < -0.3 is 14.8 Å². The van der Waals surface area contributed by atoms with E-state index in [1.807, 2.05) is 12.1 Å². The molecule has 0 aliphatic carbocycles. The summed E-state index contributed by atoms with van der Waals surface area (Å²) in [5, 5.41) is 3.48. The van der Waals surface area contributed by atoms with Crippen molar-refractivity contribution in [1.82, 2.24) is 0 Å². The number of hydrogen-bond acceptors (Lipinski definition) is 3. The monoisotopic (exact) mass is 357 g/mol. The van der Waals surface area contributed by atoms with Gasteiger partial charge in [-0.3, -0.25) is 0 Å². The molecule has 0 spiro atoms. The highest BCUT2D eigenvalue weighted by atomic mass is 32.1. The van der Waals surface area contributed by atoms with Crippen LogP contribution in [0.3, 0.4) is 0 Å². The first-order valence-electron chi connectivity index (χ1n) is 8.68. The maximum absolute atomic E-state index is 6.21. The minimum absolute atomic E-state index is 0.351. The summed E-state index contributed by atoms with van der Waals surface area (Å²) in [6.07, 6.45) is 1.99. The van der Waals surface area contributed by atoms with Gasteiger partial charge in [-0.1, -0.05) is 32.0 Å². The number of ether oxygens (including phenoxy) is 2. The summed E-state index contributed by atoms with van der Waals surface area (Å²) < 4.78 is 11.3. The Bertz CT molecular complexity index is 756. The molecule has 0 aromatic heterocycles. The lowest BCUT2D eigenvalue weighted by Gasteiger charge is -2.18. The zero-order valence-corrected chi connectivity index (χ0v) is 16.5. The normalized spacial score (nSPS) is 10.4. The first-order valence-corrected chi connectivity index (χ1v) is 9.09. The van der Waals surface area contributed by atoms with E-state index in [9.17, 15) is 0 Å². The first-order chi connectivity index (χ1) is 12.0. The molecule has 25 heavy (non-hydrogen) atoms. The number of methoxy groups -OCH3 is 1. The van der Waals surface area contributed by atoms with Crippen molar-refractivity contribution in [2.45, 2.75) is 47.1 Å². The summed E-state index contributed by atoms with van der Waals surface area (Å²) in [4.78, 5) is 0. The molecule has 0 amide bonds. The predicted octanol–water partition coefficient (Wildman–Crippen LogP) is 5.35. The second kappa shape index (κ2) is 8.86. The van der Waals surface area contributed by atoms with Crippen molar-refractivity contribution in [2.75, 3.05) is 12.4 Å². The molecule has 2 aromatic rings. The number of rotatable bonds is 6. The maximum atomic E-state index is 6.21. The van der Waals surface area contributed by atoms with E-state index in [0.29, 0.717) is 11.8 Å². The number of hydrogen-bond donors (Lipinski definition) is 1. The Morgan fingerprint density at radius 1 is 1.04 bits per heavy atom. The number of nitrogens with one attached hydrogen (secondary N) is 1. The average molecular weight is 358 g/mol. The SMILES string of the molecule is CCc1cc(CC)c(OCc2c(C)cccc2NC(=S)OC)cc1C. The second-order valence-electron chi connectivity index (χ2n) is 6.10. The highest BCUT2D eigenvalue weighted by molar-refractivity contribution is 7.80. The van der Waals surface area contributed by atoms with Gasteiger partial charge in [-0.05, 0) is 73.3 Å². The van der Waals surface area contributed by atoms with Crippen LogP contribution in [0, 0.1) is 13.8 Å². The average Bonchev–Trinajstić information content (AvgIpc) is 2.61. The largest absolute Gasteiger partial charge is 0.489 e. The molecule has 0 radical (unpaired) electrons. The van der Waals surface area contributed by atoms with Gasteiger partial charge in [0, 0.05) is 11.3 Å². The highest BCUT2D eigenvalue weighted by Crippen LogP contribution is 2.27. The van der Waals surface area contributed by atoms with E-state index in [-0.39, 0.29) is 0 Å². The lowest BCUT2D eigenvalue weighted by atomic mass is 10.0. The highest BCUT2D eigenvalue weighted by Gasteiger charge is 2.11. The van der Waals surface area contributed by atoms with E-state index < -0.39 is 0 Å². The van der Waals surface area contributed by atoms with Crippen LogP contribution in [0.1, 0.15) is 41.7 Å². The third kappa shape index (κ3) is 4.73. The Kier molecular flexibility index (Phi) is 6.82. The molecule has 134 valence electrons. The van der Waals surface area contributed by atoms with Crippen LogP contribution in [0.15, 0.2) is 30.3 Å². The Morgan fingerprint density at radius 2 is 1.76 bits per heavy atom. The minimum Gasteiger partial charge on any atom is -0.489 e. The van der Waals surface area contributed by atoms with Gasteiger partial charge >= 0.3 is 0 Å². The van der Waals surface area contributed by atoms with Gasteiger partial charge in [0.15, 0.2) is 0 Å². The molecule has 4 heteroatoms. The van der Waals surface area contributed by atoms with E-state index in [1.54, 1.807) is 7.11 Å². The molecule has 0 heterocycles. The molecular formula is C21H27NO2S. The molecule has 0 saturated heterocycles. The van der Waals surface area contributed by atoms with Crippen LogP contribution in [-0.2, 0) is 24.2 Å². The molecule has 2 rings (SSSR count). The second-order valence-corrected chi connectivity index (χ2v) is 6.47. The fourth-order valence-electron chi connectivity index (χ4n) is 2.89. The third-order valence-corrected chi connectivity index (χ3v) is 4.75. The van der Waals surface area contributed by atoms with E-state index in [1.165, 1.54) is 16.7 Å². The van der Waals surface area contributed by atoms with Crippen molar-refractivity contribution in [3.8, 4) is 5.75 Å². The van der Waals surface area contributed by atoms with Gasteiger partial charge in [-0.2, -0.15) is 0 Å². The zero-order valence-electron chi connectivity index (χ0n) is 15.7. The van der Waals surface area contributed by atoms with Gasteiger partial charge in [0.05, 0.1) is 7.11 Å². The fourth-order valence-corrected chi connectivity index (χ4v) is 3.00. The Hall–Kier alpha value is -2.07. The van der Waals surface area contributed by atoms with E-state index in [4.69, 9.17) is 21.7 Å². The van der Waals surface area contributed by atoms with Crippen LogP contribution in [-0.4, -0.2) is 12.3 Å². The molecule has 0 aliphatic heterocycles. The molecule has 2 aromatic carbocycles. The quantitative estimate of drug-likeness (QED) is 0.706. The Labute approximate surface area is 156 Å².